The van der Waals surface area contributed by atoms with E-state index in [0.717, 1.165) is 24.8 Å². The SMILES string of the molecule is COCc1cccc(NC(=O)NCC2(O)CCC2)c1. The summed E-state index contributed by atoms with van der Waals surface area (Å²) in [5.41, 5.74) is 1.01. The number of carbonyl (C=O) groups is 1. The summed E-state index contributed by atoms with van der Waals surface area (Å²) in [5.74, 6) is 0. The van der Waals surface area contributed by atoms with E-state index in [1.54, 1.807) is 7.11 Å². The summed E-state index contributed by atoms with van der Waals surface area (Å²) in [6.45, 7) is 0.813. The van der Waals surface area contributed by atoms with Crippen LogP contribution in [0.4, 0.5) is 10.5 Å². The molecule has 0 bridgehead atoms. The topological polar surface area (TPSA) is 70.6 Å². The van der Waals surface area contributed by atoms with Gasteiger partial charge in [0, 0.05) is 19.3 Å². The van der Waals surface area contributed by atoms with Crippen molar-refractivity contribution in [2.45, 2.75) is 31.5 Å². The minimum Gasteiger partial charge on any atom is -0.388 e. The number of benzene rings is 1. The second-order valence-corrected chi connectivity index (χ2v) is 5.02. The lowest BCUT2D eigenvalue weighted by Gasteiger charge is -2.36. The van der Waals surface area contributed by atoms with E-state index in [1.165, 1.54) is 0 Å². The van der Waals surface area contributed by atoms with E-state index in [4.69, 9.17) is 4.74 Å². The van der Waals surface area contributed by atoms with Crippen LogP contribution in [0.2, 0.25) is 0 Å². The molecule has 0 radical (unpaired) electrons. The normalized spacial score (nSPS) is 16.5. The molecule has 1 aromatic carbocycles. The van der Waals surface area contributed by atoms with E-state index in [2.05, 4.69) is 10.6 Å². The van der Waals surface area contributed by atoms with Crippen molar-refractivity contribution in [1.29, 1.82) is 0 Å². The van der Waals surface area contributed by atoms with Crippen LogP contribution in [0, 0.1) is 0 Å². The Morgan fingerprint density at radius 2 is 2.26 bits per heavy atom. The Bertz CT molecular complexity index is 444. The quantitative estimate of drug-likeness (QED) is 0.760. The largest absolute Gasteiger partial charge is 0.388 e. The maximum Gasteiger partial charge on any atom is 0.319 e. The highest BCUT2D eigenvalue weighted by Gasteiger charge is 2.34. The number of aliphatic hydroxyl groups is 1. The van der Waals surface area contributed by atoms with Crippen molar-refractivity contribution >= 4 is 11.7 Å². The molecule has 0 saturated heterocycles. The van der Waals surface area contributed by atoms with Crippen molar-refractivity contribution in [1.82, 2.24) is 5.32 Å². The molecular weight excluding hydrogens is 244 g/mol. The highest BCUT2D eigenvalue weighted by molar-refractivity contribution is 5.89. The second-order valence-electron chi connectivity index (χ2n) is 5.02. The number of rotatable bonds is 5. The lowest BCUT2D eigenvalue weighted by Crippen LogP contribution is -2.48. The van der Waals surface area contributed by atoms with Crippen LogP contribution in [0.3, 0.4) is 0 Å². The van der Waals surface area contributed by atoms with Crippen LogP contribution in [0.5, 0.6) is 0 Å². The van der Waals surface area contributed by atoms with Gasteiger partial charge in [-0.15, -0.1) is 0 Å². The molecule has 0 heterocycles. The van der Waals surface area contributed by atoms with Gasteiger partial charge in [0.2, 0.25) is 0 Å². The van der Waals surface area contributed by atoms with E-state index in [0.29, 0.717) is 18.8 Å². The first kappa shape index (κ1) is 13.8. The Balaban J connectivity index is 1.82. The average molecular weight is 264 g/mol. The summed E-state index contributed by atoms with van der Waals surface area (Å²) in [7, 11) is 1.63. The van der Waals surface area contributed by atoms with Crippen LogP contribution in [-0.2, 0) is 11.3 Å². The number of carbonyl (C=O) groups excluding carboxylic acids is 1. The van der Waals surface area contributed by atoms with Crippen molar-refractivity contribution < 1.29 is 14.6 Å². The first-order chi connectivity index (χ1) is 9.11. The molecule has 3 N–H and O–H groups in total. The summed E-state index contributed by atoms with van der Waals surface area (Å²) in [5, 5.41) is 15.3. The number of hydrogen-bond donors (Lipinski definition) is 3. The highest BCUT2D eigenvalue weighted by Crippen LogP contribution is 2.30. The van der Waals surface area contributed by atoms with Crippen LogP contribution in [0.25, 0.3) is 0 Å². The molecule has 104 valence electrons. The zero-order valence-electron chi connectivity index (χ0n) is 11.1. The van der Waals surface area contributed by atoms with Gasteiger partial charge in [0.15, 0.2) is 0 Å². The van der Waals surface area contributed by atoms with Gasteiger partial charge >= 0.3 is 6.03 Å². The zero-order valence-corrected chi connectivity index (χ0v) is 11.1. The third-order valence-corrected chi connectivity index (χ3v) is 3.36. The predicted molar refractivity (Wildman–Crippen MR) is 73.0 cm³/mol. The first-order valence-corrected chi connectivity index (χ1v) is 6.46. The third-order valence-electron chi connectivity index (χ3n) is 3.36. The molecule has 0 atom stereocenters. The molecule has 1 aliphatic carbocycles. The fourth-order valence-electron chi connectivity index (χ4n) is 2.09. The Morgan fingerprint density at radius 3 is 2.89 bits per heavy atom. The lowest BCUT2D eigenvalue weighted by molar-refractivity contribution is -0.0287. The van der Waals surface area contributed by atoms with Gasteiger partial charge in [0.05, 0.1) is 12.2 Å². The van der Waals surface area contributed by atoms with Gasteiger partial charge in [0.25, 0.3) is 0 Å². The van der Waals surface area contributed by atoms with Gasteiger partial charge in [-0.05, 0) is 37.0 Å². The number of amides is 2. The van der Waals surface area contributed by atoms with E-state index in [1.807, 2.05) is 24.3 Å². The zero-order chi connectivity index (χ0) is 13.7. The molecule has 1 fully saturated rings. The van der Waals surface area contributed by atoms with Gasteiger partial charge < -0.3 is 20.5 Å². The first-order valence-electron chi connectivity index (χ1n) is 6.46. The molecular formula is C14H20N2O3. The van der Waals surface area contributed by atoms with Gasteiger partial charge in [-0.3, -0.25) is 0 Å². The molecule has 5 nitrogen and oxygen atoms in total. The summed E-state index contributed by atoms with van der Waals surface area (Å²) in [4.78, 5) is 11.7. The number of hydrogen-bond acceptors (Lipinski definition) is 3. The molecule has 1 aliphatic rings. The van der Waals surface area contributed by atoms with E-state index >= 15 is 0 Å². The van der Waals surface area contributed by atoms with E-state index < -0.39 is 5.60 Å². The molecule has 5 heteroatoms. The molecule has 0 aromatic heterocycles. The lowest BCUT2D eigenvalue weighted by atomic mass is 9.80. The van der Waals surface area contributed by atoms with Crippen molar-refractivity contribution in [3.63, 3.8) is 0 Å². The second kappa shape index (κ2) is 6.04. The fraction of sp³-hybridized carbons (Fsp3) is 0.500. The van der Waals surface area contributed by atoms with Crippen molar-refractivity contribution in [3.05, 3.63) is 29.8 Å². The third kappa shape index (κ3) is 3.94. The Morgan fingerprint density at radius 1 is 1.47 bits per heavy atom. The number of anilines is 1. The summed E-state index contributed by atoms with van der Waals surface area (Å²) in [6.07, 6.45) is 2.55. The van der Waals surface area contributed by atoms with Crippen LogP contribution in [0.15, 0.2) is 24.3 Å². The van der Waals surface area contributed by atoms with Gasteiger partial charge in [-0.1, -0.05) is 12.1 Å². The van der Waals surface area contributed by atoms with Crippen LogP contribution in [0.1, 0.15) is 24.8 Å². The Kier molecular flexibility index (Phi) is 4.39. The molecule has 2 amide bonds. The number of methoxy groups -OCH3 is 1. The molecule has 1 aromatic rings. The van der Waals surface area contributed by atoms with E-state index in [-0.39, 0.29) is 6.03 Å². The van der Waals surface area contributed by atoms with Crippen molar-refractivity contribution in [2.75, 3.05) is 19.0 Å². The van der Waals surface area contributed by atoms with Crippen LogP contribution < -0.4 is 10.6 Å². The summed E-state index contributed by atoms with van der Waals surface area (Å²) >= 11 is 0. The van der Waals surface area contributed by atoms with Crippen molar-refractivity contribution in [2.24, 2.45) is 0 Å². The maximum atomic E-state index is 11.7. The number of ether oxygens (including phenoxy) is 1. The molecule has 19 heavy (non-hydrogen) atoms. The monoisotopic (exact) mass is 264 g/mol. The van der Waals surface area contributed by atoms with Crippen molar-refractivity contribution in [3.8, 4) is 0 Å². The molecule has 1 saturated carbocycles. The van der Waals surface area contributed by atoms with E-state index in [9.17, 15) is 9.90 Å². The Hall–Kier alpha value is -1.59. The minimum absolute atomic E-state index is 0.296. The summed E-state index contributed by atoms with van der Waals surface area (Å²) < 4.78 is 5.04. The van der Waals surface area contributed by atoms with Gasteiger partial charge in [0.1, 0.15) is 0 Å². The van der Waals surface area contributed by atoms with Gasteiger partial charge in [-0.2, -0.15) is 0 Å². The van der Waals surface area contributed by atoms with Crippen LogP contribution >= 0.6 is 0 Å². The fourth-order valence-corrected chi connectivity index (χ4v) is 2.09. The predicted octanol–water partition coefficient (Wildman–Crippen LogP) is 1.87. The van der Waals surface area contributed by atoms with Gasteiger partial charge in [-0.25, -0.2) is 4.79 Å². The minimum atomic E-state index is -0.699. The molecule has 0 spiro atoms. The van der Waals surface area contributed by atoms with Crippen LogP contribution in [-0.4, -0.2) is 30.4 Å². The molecule has 2 rings (SSSR count). The highest BCUT2D eigenvalue weighted by atomic mass is 16.5. The molecule has 0 aliphatic heterocycles. The Labute approximate surface area is 113 Å². The summed E-state index contributed by atoms with van der Waals surface area (Å²) in [6, 6.07) is 7.18. The average Bonchev–Trinajstić information content (AvgIpc) is 2.35. The smallest absolute Gasteiger partial charge is 0.319 e. The number of urea groups is 1. The maximum absolute atomic E-state index is 11.7. The molecule has 0 unspecified atom stereocenters. The number of nitrogens with one attached hydrogen (secondary N) is 2. The standard InChI is InChI=1S/C14H20N2O3/c1-19-9-11-4-2-5-12(8-11)16-13(17)15-10-14(18)6-3-7-14/h2,4-5,8,18H,3,6-7,9-10H2,1H3,(H2,15,16,17).